The van der Waals surface area contributed by atoms with Gasteiger partial charge in [-0.25, -0.2) is 9.97 Å². The number of aryl methyl sites for hydroxylation is 2. The Morgan fingerprint density at radius 3 is 2.73 bits per heavy atom. The largest absolute Gasteiger partial charge is 0.351 e. The van der Waals surface area contributed by atoms with Crippen molar-refractivity contribution in [1.29, 1.82) is 0 Å². The summed E-state index contributed by atoms with van der Waals surface area (Å²) in [5.74, 6) is 0.319. The van der Waals surface area contributed by atoms with Crippen molar-refractivity contribution in [3.63, 3.8) is 0 Å². The molecule has 0 saturated carbocycles. The fraction of sp³-hybridized carbons (Fsp3) is 0.500. The van der Waals surface area contributed by atoms with Gasteiger partial charge in [-0.05, 0) is 32.9 Å². The molecule has 4 nitrogen and oxygen atoms in total. The quantitative estimate of drug-likeness (QED) is 0.814. The number of anilines is 1. The summed E-state index contributed by atoms with van der Waals surface area (Å²) in [7, 11) is 0. The van der Waals surface area contributed by atoms with E-state index in [-0.39, 0.29) is 0 Å². The van der Waals surface area contributed by atoms with Crippen molar-refractivity contribution in [2.45, 2.75) is 33.4 Å². The molecule has 0 aliphatic carbocycles. The number of hydrogen-bond acceptors (Lipinski definition) is 5. The number of nitrogens with zero attached hydrogens (tertiary/aromatic N) is 4. The van der Waals surface area contributed by atoms with Crippen LogP contribution in [0, 0.1) is 19.8 Å². The maximum atomic E-state index is 13.3. The smallest absolute Gasteiger partial charge is 0.214 e. The van der Waals surface area contributed by atoms with Crippen LogP contribution in [0.5, 0.6) is 0 Å². The van der Waals surface area contributed by atoms with E-state index in [4.69, 9.17) is 0 Å². The molecule has 1 aliphatic heterocycles. The summed E-state index contributed by atoms with van der Waals surface area (Å²) < 4.78 is 13.3. The monoisotopic (exact) mass is 320 g/mol. The molecular weight excluding hydrogens is 299 g/mol. The average Bonchev–Trinajstić information content (AvgIpc) is 2.77. The molecule has 1 atom stereocenters. The van der Waals surface area contributed by atoms with Crippen LogP contribution in [0.3, 0.4) is 0 Å². The average molecular weight is 320 g/mol. The molecule has 0 amide bonds. The first-order chi connectivity index (χ1) is 10.5. The summed E-state index contributed by atoms with van der Waals surface area (Å²) in [5, 5.41) is 1.13. The SMILES string of the molecule is Cc1nc(C)c(CN2CCN(c3cccc(F)n3)C(C)C2)s1. The van der Waals surface area contributed by atoms with Crippen LogP contribution in [-0.2, 0) is 6.54 Å². The number of rotatable bonds is 3. The zero-order valence-corrected chi connectivity index (χ0v) is 14.0. The van der Waals surface area contributed by atoms with Crippen molar-refractivity contribution in [3.05, 3.63) is 39.7 Å². The van der Waals surface area contributed by atoms with Crippen molar-refractivity contribution in [2.24, 2.45) is 0 Å². The van der Waals surface area contributed by atoms with E-state index < -0.39 is 5.95 Å². The van der Waals surface area contributed by atoms with Gasteiger partial charge in [0, 0.05) is 37.1 Å². The number of thiazole rings is 1. The van der Waals surface area contributed by atoms with E-state index in [1.165, 1.54) is 10.9 Å². The molecule has 2 aromatic heterocycles. The van der Waals surface area contributed by atoms with Crippen LogP contribution in [0.4, 0.5) is 10.2 Å². The Morgan fingerprint density at radius 1 is 1.27 bits per heavy atom. The van der Waals surface area contributed by atoms with E-state index in [0.717, 1.165) is 42.7 Å². The minimum Gasteiger partial charge on any atom is -0.351 e. The standard InChI is InChI=1S/C16H21FN4S/c1-11-9-20(10-14-12(2)18-13(3)22-14)7-8-21(11)16-6-4-5-15(17)19-16/h4-6,11H,7-10H2,1-3H3. The predicted octanol–water partition coefficient (Wildman–Crippen LogP) is 3.00. The van der Waals surface area contributed by atoms with E-state index in [9.17, 15) is 4.39 Å². The maximum absolute atomic E-state index is 13.3. The first-order valence-electron chi connectivity index (χ1n) is 7.57. The summed E-state index contributed by atoms with van der Waals surface area (Å²) in [6.07, 6.45) is 0. The van der Waals surface area contributed by atoms with Crippen LogP contribution in [-0.4, -0.2) is 40.5 Å². The van der Waals surface area contributed by atoms with Crippen LogP contribution in [0.15, 0.2) is 18.2 Å². The van der Waals surface area contributed by atoms with Gasteiger partial charge in [-0.15, -0.1) is 11.3 Å². The van der Waals surface area contributed by atoms with Crippen molar-refractivity contribution >= 4 is 17.2 Å². The summed E-state index contributed by atoms with van der Waals surface area (Å²) in [5.41, 5.74) is 1.14. The number of piperazine rings is 1. The van der Waals surface area contributed by atoms with Gasteiger partial charge in [0.15, 0.2) is 0 Å². The second kappa shape index (κ2) is 6.30. The molecule has 3 heterocycles. The highest BCUT2D eigenvalue weighted by Gasteiger charge is 2.25. The number of aromatic nitrogens is 2. The topological polar surface area (TPSA) is 32.3 Å². The highest BCUT2D eigenvalue weighted by molar-refractivity contribution is 7.11. The molecule has 1 fully saturated rings. The number of halogens is 1. The van der Waals surface area contributed by atoms with E-state index in [1.54, 1.807) is 17.4 Å². The Kier molecular flexibility index (Phi) is 4.40. The van der Waals surface area contributed by atoms with Crippen LogP contribution in [0.25, 0.3) is 0 Å². The molecule has 1 saturated heterocycles. The zero-order chi connectivity index (χ0) is 15.7. The Balaban J connectivity index is 1.66. The normalized spacial score (nSPS) is 19.6. The summed E-state index contributed by atoms with van der Waals surface area (Å²) in [6.45, 7) is 10.0. The van der Waals surface area contributed by atoms with Gasteiger partial charge in [0.25, 0.3) is 0 Å². The molecule has 22 heavy (non-hydrogen) atoms. The van der Waals surface area contributed by atoms with E-state index in [2.05, 4.69) is 40.5 Å². The third-order valence-electron chi connectivity index (χ3n) is 4.07. The van der Waals surface area contributed by atoms with Crippen LogP contribution >= 0.6 is 11.3 Å². The lowest BCUT2D eigenvalue weighted by atomic mass is 10.2. The fourth-order valence-corrected chi connectivity index (χ4v) is 3.98. The third-order valence-corrected chi connectivity index (χ3v) is 5.13. The van der Waals surface area contributed by atoms with Crippen LogP contribution in [0.2, 0.25) is 0 Å². The van der Waals surface area contributed by atoms with Gasteiger partial charge in [0.05, 0.1) is 10.7 Å². The highest BCUT2D eigenvalue weighted by Crippen LogP contribution is 2.23. The molecule has 0 spiro atoms. The molecule has 1 aliphatic rings. The van der Waals surface area contributed by atoms with Gasteiger partial charge in [-0.1, -0.05) is 6.07 Å². The molecular formula is C16H21FN4S. The molecule has 3 rings (SSSR count). The number of pyridine rings is 1. The first kappa shape index (κ1) is 15.4. The van der Waals surface area contributed by atoms with E-state index in [1.807, 2.05) is 6.07 Å². The first-order valence-corrected chi connectivity index (χ1v) is 8.39. The summed E-state index contributed by atoms with van der Waals surface area (Å²) >= 11 is 1.78. The molecule has 0 bridgehead atoms. The predicted molar refractivity (Wildman–Crippen MR) is 87.9 cm³/mol. The zero-order valence-electron chi connectivity index (χ0n) is 13.2. The second-order valence-electron chi connectivity index (χ2n) is 5.84. The van der Waals surface area contributed by atoms with E-state index >= 15 is 0 Å². The summed E-state index contributed by atoms with van der Waals surface area (Å²) in [4.78, 5) is 14.5. The van der Waals surface area contributed by atoms with Crippen molar-refractivity contribution in [2.75, 3.05) is 24.5 Å². The molecule has 0 radical (unpaired) electrons. The highest BCUT2D eigenvalue weighted by atomic mass is 32.1. The van der Waals surface area contributed by atoms with Gasteiger partial charge in [0.2, 0.25) is 5.95 Å². The fourth-order valence-electron chi connectivity index (χ4n) is 3.00. The van der Waals surface area contributed by atoms with Gasteiger partial charge >= 0.3 is 0 Å². The van der Waals surface area contributed by atoms with Crippen molar-refractivity contribution in [3.8, 4) is 0 Å². The Morgan fingerprint density at radius 2 is 2.09 bits per heavy atom. The van der Waals surface area contributed by atoms with Gasteiger partial charge in [-0.3, -0.25) is 4.90 Å². The van der Waals surface area contributed by atoms with Crippen LogP contribution < -0.4 is 4.90 Å². The van der Waals surface area contributed by atoms with Gasteiger partial charge in [-0.2, -0.15) is 4.39 Å². The van der Waals surface area contributed by atoms with Crippen LogP contribution in [0.1, 0.15) is 22.5 Å². The lowest BCUT2D eigenvalue weighted by Crippen LogP contribution is -2.51. The lowest BCUT2D eigenvalue weighted by molar-refractivity contribution is 0.221. The number of hydrogen-bond donors (Lipinski definition) is 0. The van der Waals surface area contributed by atoms with E-state index in [0.29, 0.717) is 6.04 Å². The Labute approximate surface area is 134 Å². The molecule has 2 aromatic rings. The Hall–Kier alpha value is -1.53. The molecule has 0 aromatic carbocycles. The molecule has 0 N–H and O–H groups in total. The lowest BCUT2D eigenvalue weighted by Gasteiger charge is -2.40. The minimum absolute atomic E-state index is 0.317. The summed E-state index contributed by atoms with van der Waals surface area (Å²) in [6, 6.07) is 5.31. The molecule has 6 heteroatoms. The Bertz CT molecular complexity index is 657. The maximum Gasteiger partial charge on any atom is 0.214 e. The third kappa shape index (κ3) is 3.28. The van der Waals surface area contributed by atoms with Crippen molar-refractivity contribution in [1.82, 2.24) is 14.9 Å². The van der Waals surface area contributed by atoms with Crippen molar-refractivity contribution < 1.29 is 4.39 Å². The van der Waals surface area contributed by atoms with Gasteiger partial charge in [0.1, 0.15) is 5.82 Å². The second-order valence-corrected chi connectivity index (χ2v) is 7.13. The minimum atomic E-state index is -0.414. The van der Waals surface area contributed by atoms with Gasteiger partial charge < -0.3 is 4.90 Å². The molecule has 118 valence electrons. The molecule has 1 unspecified atom stereocenters.